The number of hydrogen-bond acceptors (Lipinski definition) is 0. The first kappa shape index (κ1) is 26.0. The van der Waals surface area contributed by atoms with Crippen molar-refractivity contribution in [2.45, 2.75) is 46.0 Å². The first-order valence-corrected chi connectivity index (χ1v) is 9.51. The summed E-state index contributed by atoms with van der Waals surface area (Å²) >= 11 is 0. The van der Waals surface area contributed by atoms with E-state index in [2.05, 4.69) is 101 Å². The van der Waals surface area contributed by atoms with Gasteiger partial charge in [0.2, 0.25) is 0 Å². The van der Waals surface area contributed by atoms with Crippen LogP contribution in [0.3, 0.4) is 0 Å². The van der Waals surface area contributed by atoms with Crippen LogP contribution in [0.5, 0.6) is 0 Å². The molecule has 1 unspecified atom stereocenters. The molecule has 0 heterocycles. The zero-order valence-electron chi connectivity index (χ0n) is 17.7. The van der Waals surface area contributed by atoms with E-state index in [1.165, 1.54) is 44.5 Å². The molecule has 0 nitrogen and oxygen atoms in total. The van der Waals surface area contributed by atoms with E-state index in [0.29, 0.717) is 5.92 Å². The smallest absolute Gasteiger partial charge is 1.00 e. The minimum Gasteiger partial charge on any atom is -1.00 e. The van der Waals surface area contributed by atoms with Crippen LogP contribution in [0.2, 0.25) is 0 Å². The van der Waals surface area contributed by atoms with Crippen LogP contribution in [-0.4, -0.2) is 0 Å². The summed E-state index contributed by atoms with van der Waals surface area (Å²) in [6.07, 6.45) is 2.39. The molecule has 0 saturated heterocycles. The Morgan fingerprint density at radius 2 is 1.48 bits per heavy atom. The molecule has 149 valence electrons. The quantitative estimate of drug-likeness (QED) is 0.464. The van der Waals surface area contributed by atoms with E-state index in [1.54, 1.807) is 0 Å². The molecule has 0 aromatic heterocycles. The Kier molecular flexibility index (Phi) is 8.86. The number of benzene rings is 2. The second kappa shape index (κ2) is 9.87. The molecule has 0 N–H and O–H groups in total. The molecule has 0 bridgehead atoms. The average Bonchev–Trinajstić information content (AvgIpc) is 3.14. The van der Waals surface area contributed by atoms with Crippen LogP contribution in [0.15, 0.2) is 66.2 Å². The van der Waals surface area contributed by atoms with Crippen LogP contribution in [0.4, 0.5) is 0 Å². The van der Waals surface area contributed by atoms with Crippen molar-refractivity contribution in [2.24, 2.45) is 0 Å². The van der Waals surface area contributed by atoms with Crippen LogP contribution in [-0.2, 0) is 31.6 Å². The molecular formula is C26H27Cl2Zr. The Morgan fingerprint density at radius 1 is 0.828 bits per heavy atom. The van der Waals surface area contributed by atoms with Gasteiger partial charge in [-0.3, -0.25) is 0 Å². The molecule has 0 amide bonds. The molecule has 3 heteroatoms. The topological polar surface area (TPSA) is 0 Å². The van der Waals surface area contributed by atoms with Crippen molar-refractivity contribution < 1.29 is 51.0 Å². The Hall–Kier alpha value is -1.01. The number of hydrogen-bond donors (Lipinski definition) is 0. The van der Waals surface area contributed by atoms with Gasteiger partial charge in [0, 0.05) is 0 Å². The first-order valence-electron chi connectivity index (χ1n) is 9.51. The molecule has 0 aliphatic heterocycles. The van der Waals surface area contributed by atoms with Gasteiger partial charge in [0.05, 0.1) is 0 Å². The van der Waals surface area contributed by atoms with Gasteiger partial charge in [0.1, 0.15) is 0 Å². The Labute approximate surface area is 207 Å². The predicted octanol–water partition coefficient (Wildman–Crippen LogP) is 1.23. The Balaban J connectivity index is 0.00000140. The minimum absolute atomic E-state index is 0. The van der Waals surface area contributed by atoms with E-state index < -0.39 is 0 Å². The van der Waals surface area contributed by atoms with E-state index in [-0.39, 0.29) is 56.4 Å². The molecule has 4 rings (SSSR count). The number of fused-ring (bicyclic) bond motifs is 1. The summed E-state index contributed by atoms with van der Waals surface area (Å²) in [4.78, 5) is 0. The van der Waals surface area contributed by atoms with Crippen molar-refractivity contribution >= 4 is 6.08 Å². The third-order valence-electron chi connectivity index (χ3n) is 5.75. The maximum atomic E-state index is 2.39. The summed E-state index contributed by atoms with van der Waals surface area (Å²) in [6.45, 7) is 11.5. The van der Waals surface area contributed by atoms with E-state index in [9.17, 15) is 0 Å². The molecule has 0 fully saturated rings. The molecule has 29 heavy (non-hydrogen) atoms. The van der Waals surface area contributed by atoms with Gasteiger partial charge in [0.15, 0.2) is 0 Å². The van der Waals surface area contributed by atoms with Gasteiger partial charge in [-0.15, -0.1) is 5.56 Å². The number of allylic oxidation sites excluding steroid dienone is 1. The summed E-state index contributed by atoms with van der Waals surface area (Å²) in [6, 6.07) is 22.2. The molecule has 0 spiro atoms. The molecule has 1 atom stereocenters. The van der Waals surface area contributed by atoms with Crippen LogP contribution in [0.25, 0.3) is 17.2 Å². The summed E-state index contributed by atoms with van der Waals surface area (Å²) < 4.78 is 0. The van der Waals surface area contributed by atoms with Crippen LogP contribution < -0.4 is 24.8 Å². The third-order valence-corrected chi connectivity index (χ3v) is 5.75. The molecule has 1 radical (unpaired) electrons. The molecule has 1 aliphatic rings. The fourth-order valence-corrected chi connectivity index (χ4v) is 4.54. The average molecular weight is 502 g/mol. The minimum atomic E-state index is 0. The summed E-state index contributed by atoms with van der Waals surface area (Å²) in [7, 11) is 0. The largest absolute Gasteiger partial charge is 3.00 e. The summed E-state index contributed by atoms with van der Waals surface area (Å²) in [5, 5.41) is 0. The van der Waals surface area contributed by atoms with Gasteiger partial charge in [-0.05, 0) is 35.1 Å². The van der Waals surface area contributed by atoms with Crippen molar-refractivity contribution in [3.05, 3.63) is 94.1 Å². The van der Waals surface area contributed by atoms with Crippen molar-refractivity contribution in [2.75, 3.05) is 0 Å². The van der Waals surface area contributed by atoms with Gasteiger partial charge >= 0.3 is 26.2 Å². The number of rotatable bonds is 2. The second-order valence-electron chi connectivity index (χ2n) is 8.57. The summed E-state index contributed by atoms with van der Waals surface area (Å²) in [5.41, 5.74) is 11.5. The monoisotopic (exact) mass is 499 g/mol. The normalized spacial score (nSPS) is 14.8. The van der Waals surface area contributed by atoms with Crippen molar-refractivity contribution in [3.8, 4) is 11.1 Å². The summed E-state index contributed by atoms with van der Waals surface area (Å²) in [5.74, 6) is 0.379. The van der Waals surface area contributed by atoms with Crippen LogP contribution in [0.1, 0.15) is 61.4 Å². The van der Waals surface area contributed by atoms with Crippen molar-refractivity contribution in [1.82, 2.24) is 0 Å². The maximum absolute atomic E-state index is 2.39. The fraction of sp³-hybridized carbons (Fsp3) is 0.269. The van der Waals surface area contributed by atoms with E-state index in [1.807, 2.05) is 0 Å². The van der Waals surface area contributed by atoms with Crippen molar-refractivity contribution in [1.29, 1.82) is 0 Å². The zero-order chi connectivity index (χ0) is 18.5. The first-order chi connectivity index (χ1) is 12.4. The maximum Gasteiger partial charge on any atom is 3.00 e. The molecule has 0 saturated carbocycles. The molecule has 3 aromatic carbocycles. The third kappa shape index (κ3) is 4.68. The van der Waals surface area contributed by atoms with E-state index in [4.69, 9.17) is 0 Å². The second-order valence-corrected chi connectivity index (χ2v) is 8.57. The van der Waals surface area contributed by atoms with Gasteiger partial charge < -0.3 is 24.8 Å². The standard InChI is InChI=1S/C26H27.2ClH.Zr/c1-17-16-23-21(19-10-7-6-8-11-19)12-9-13-22(23)25(17)20-14-15-24(18(20)2)26(3,4)5;;;/h6-16,25H,1-5H3;2*1H;/q-1;;;+3/p-2. The van der Waals surface area contributed by atoms with Crippen molar-refractivity contribution in [3.63, 3.8) is 0 Å². The molecular weight excluding hydrogens is 474 g/mol. The predicted molar refractivity (Wildman–Crippen MR) is 113 cm³/mol. The van der Waals surface area contributed by atoms with Crippen LogP contribution in [0, 0.1) is 6.92 Å². The van der Waals surface area contributed by atoms with Gasteiger partial charge in [-0.25, -0.2) is 6.07 Å². The van der Waals surface area contributed by atoms with E-state index in [0.717, 1.165) is 0 Å². The van der Waals surface area contributed by atoms with Crippen LogP contribution >= 0.6 is 0 Å². The Bertz CT molecular complexity index is 991. The SMILES string of the molecule is CC1=Cc2c(-c3ccccc3)cccc2C1[c-]1ccc(C(C)(C)C)c1C.[Cl-].[Cl-].[Zr+3]. The number of halogens is 2. The molecule has 3 aromatic rings. The molecule has 1 aliphatic carbocycles. The van der Waals surface area contributed by atoms with Gasteiger partial charge in [-0.2, -0.15) is 17.2 Å². The van der Waals surface area contributed by atoms with Gasteiger partial charge in [0.25, 0.3) is 0 Å². The fourth-order valence-electron chi connectivity index (χ4n) is 4.54. The Morgan fingerprint density at radius 3 is 2.07 bits per heavy atom. The van der Waals surface area contributed by atoms with Gasteiger partial charge in [-0.1, -0.05) is 93.3 Å². The van der Waals surface area contributed by atoms with E-state index >= 15 is 0 Å². The zero-order valence-corrected chi connectivity index (χ0v) is 21.7.